The number of fused-ring (bicyclic) bond motifs is 1. The summed E-state index contributed by atoms with van der Waals surface area (Å²) in [5, 5.41) is 6.33. The second-order valence-corrected chi connectivity index (χ2v) is 13.3. The van der Waals surface area contributed by atoms with Gasteiger partial charge >= 0.3 is 0 Å². The molecule has 1 aliphatic carbocycles. The third kappa shape index (κ3) is 6.50. The number of nitrogens with two attached hydrogens (primary N) is 1. The number of carbonyl (C=O) groups excluding carboxylic acids is 1. The van der Waals surface area contributed by atoms with Gasteiger partial charge in [-0.15, -0.1) is 0 Å². The van der Waals surface area contributed by atoms with Crippen LogP contribution in [0, 0.1) is 24.3 Å². The molecule has 1 atom stereocenters. The molecular formula is C33H43N10O+. The largest absolute Gasteiger partial charge is 0.382 e. The number of piperazine rings is 1. The van der Waals surface area contributed by atoms with Crippen LogP contribution in [0.5, 0.6) is 0 Å². The molecule has 1 aromatic carbocycles. The Bertz CT molecular complexity index is 1620. The number of benzene rings is 1. The van der Waals surface area contributed by atoms with E-state index in [0.29, 0.717) is 39.9 Å². The first-order valence-corrected chi connectivity index (χ1v) is 15.5. The topological polar surface area (TPSA) is 128 Å². The van der Waals surface area contributed by atoms with Gasteiger partial charge in [0.15, 0.2) is 11.6 Å². The molecule has 6 rings (SSSR count). The number of aryl methyl sites for hydroxylation is 1. The lowest BCUT2D eigenvalue weighted by atomic mass is 9.81. The Morgan fingerprint density at radius 2 is 1.86 bits per heavy atom. The third-order valence-corrected chi connectivity index (χ3v) is 8.76. The molecule has 2 saturated heterocycles. The van der Waals surface area contributed by atoms with E-state index in [4.69, 9.17) is 10.7 Å². The van der Waals surface area contributed by atoms with Crippen LogP contribution in [0.25, 0.3) is 11.0 Å². The van der Waals surface area contributed by atoms with Crippen molar-refractivity contribution in [2.24, 2.45) is 11.3 Å². The van der Waals surface area contributed by atoms with E-state index < -0.39 is 0 Å². The number of rotatable bonds is 7. The summed E-state index contributed by atoms with van der Waals surface area (Å²) in [4.78, 5) is 38.7. The molecule has 1 unspecified atom stereocenters. The van der Waals surface area contributed by atoms with Crippen LogP contribution in [-0.4, -0.2) is 88.5 Å². The van der Waals surface area contributed by atoms with Gasteiger partial charge in [0, 0.05) is 55.9 Å². The zero-order valence-corrected chi connectivity index (χ0v) is 26.4. The average molecular weight is 596 g/mol. The molecular weight excluding hydrogens is 552 g/mol. The van der Waals surface area contributed by atoms with Gasteiger partial charge in [0.1, 0.15) is 22.9 Å². The normalized spacial score (nSPS) is 19.6. The summed E-state index contributed by atoms with van der Waals surface area (Å²) in [5.41, 5.74) is 11.5. The van der Waals surface area contributed by atoms with E-state index in [2.05, 4.69) is 74.2 Å². The van der Waals surface area contributed by atoms with E-state index in [1.807, 2.05) is 31.2 Å². The van der Waals surface area contributed by atoms with Crippen LogP contribution >= 0.6 is 0 Å². The van der Waals surface area contributed by atoms with Crippen molar-refractivity contribution in [3.05, 3.63) is 59.1 Å². The maximum absolute atomic E-state index is 13.0. The fraction of sp³-hybridized carbons (Fsp3) is 0.485. The molecule has 4 heterocycles. The van der Waals surface area contributed by atoms with Gasteiger partial charge in [0.2, 0.25) is 11.6 Å². The minimum atomic E-state index is -0.198. The molecule has 230 valence electrons. The Morgan fingerprint density at radius 1 is 1.09 bits per heavy atom. The number of anilines is 4. The predicted octanol–water partition coefficient (Wildman–Crippen LogP) is 3.92. The van der Waals surface area contributed by atoms with Crippen LogP contribution < -0.4 is 21.3 Å². The zero-order valence-electron chi connectivity index (χ0n) is 26.4. The first kappa shape index (κ1) is 29.9. The van der Waals surface area contributed by atoms with Crippen molar-refractivity contribution in [3.63, 3.8) is 0 Å². The minimum absolute atomic E-state index is 0.00269. The number of hydrogen-bond acceptors (Lipinski definition) is 10. The number of carbonyl (C=O) groups is 1. The molecule has 2 fully saturated rings. The zero-order chi connectivity index (χ0) is 31.0. The quantitative estimate of drug-likeness (QED) is 0.346. The smallest absolute Gasteiger partial charge is 0.258 e. The Kier molecular flexibility index (Phi) is 8.20. The summed E-state index contributed by atoms with van der Waals surface area (Å²) in [7, 11) is 2.22. The lowest BCUT2D eigenvalue weighted by molar-refractivity contribution is 0.0966. The van der Waals surface area contributed by atoms with E-state index in [1.54, 1.807) is 0 Å². The van der Waals surface area contributed by atoms with Crippen molar-refractivity contribution in [1.82, 2.24) is 35.1 Å². The summed E-state index contributed by atoms with van der Waals surface area (Å²) in [5.74, 6) is 1.95. The maximum atomic E-state index is 13.0. The fourth-order valence-electron chi connectivity index (χ4n) is 6.08. The van der Waals surface area contributed by atoms with Crippen molar-refractivity contribution in [2.75, 3.05) is 68.8 Å². The second kappa shape index (κ2) is 12.1. The van der Waals surface area contributed by atoms with Crippen LogP contribution in [0.15, 0.2) is 41.9 Å². The molecule has 0 bridgehead atoms. The first-order valence-electron chi connectivity index (χ1n) is 15.5. The SMILES string of the molecule is Cc1ccc(C(=O)NC2=CC(C(C)(C)C)=[C+]2)cc1Nc1ncnc2c(N)nc(N3CCN(CC4CCCN(C)C4)CC3)nc12. The van der Waals surface area contributed by atoms with Gasteiger partial charge in [-0.2, -0.15) is 4.98 Å². The summed E-state index contributed by atoms with van der Waals surface area (Å²) in [6.07, 6.45) is 9.26. The van der Waals surface area contributed by atoms with E-state index in [-0.39, 0.29) is 11.3 Å². The number of nitrogens with one attached hydrogen (secondary N) is 2. The highest BCUT2D eigenvalue weighted by Gasteiger charge is 2.31. The Hall–Kier alpha value is -4.18. The molecule has 11 heteroatoms. The van der Waals surface area contributed by atoms with Crippen molar-refractivity contribution in [3.8, 4) is 0 Å². The van der Waals surface area contributed by atoms with Crippen molar-refractivity contribution < 1.29 is 4.79 Å². The van der Waals surface area contributed by atoms with Crippen LogP contribution in [0.1, 0.15) is 49.5 Å². The molecule has 2 aliphatic heterocycles. The molecule has 3 aromatic rings. The van der Waals surface area contributed by atoms with Crippen LogP contribution in [0.2, 0.25) is 0 Å². The summed E-state index contributed by atoms with van der Waals surface area (Å²) in [6.45, 7) is 15.5. The molecule has 1 amide bonds. The van der Waals surface area contributed by atoms with Gasteiger partial charge in [0.25, 0.3) is 5.91 Å². The standard InChI is InChI=1S/C33H42N10O/c1-21-8-9-23(31(44)37-25-16-24(17-25)33(2,3)4)15-26(21)38-30-28-27(35-20-36-30)29(34)40-32(39-28)43-13-11-42(12-14-43)19-22-7-6-10-41(5)18-22/h8-9,15-16,20,22H,6-7,10-14,18-19H2,1-5H3,(H3-,34,35,36,37,38,39,40,44)/p+1. The number of amides is 1. The van der Waals surface area contributed by atoms with Crippen molar-refractivity contribution in [1.29, 1.82) is 0 Å². The molecule has 2 aromatic heterocycles. The van der Waals surface area contributed by atoms with E-state index in [0.717, 1.165) is 55.5 Å². The van der Waals surface area contributed by atoms with Crippen LogP contribution in [0.3, 0.4) is 0 Å². The average Bonchev–Trinajstić information content (AvgIpc) is 2.96. The Labute approximate surface area is 259 Å². The van der Waals surface area contributed by atoms with Gasteiger partial charge in [-0.3, -0.25) is 15.0 Å². The second-order valence-electron chi connectivity index (χ2n) is 13.3. The number of likely N-dealkylation sites (tertiary alicyclic amines) is 1. The first-order chi connectivity index (χ1) is 21.0. The van der Waals surface area contributed by atoms with Gasteiger partial charge < -0.3 is 20.9 Å². The minimum Gasteiger partial charge on any atom is -0.382 e. The third-order valence-electron chi connectivity index (χ3n) is 8.76. The van der Waals surface area contributed by atoms with Gasteiger partial charge in [-0.25, -0.2) is 15.0 Å². The fourth-order valence-corrected chi connectivity index (χ4v) is 6.08. The Balaban J connectivity index is 1.16. The molecule has 44 heavy (non-hydrogen) atoms. The number of nitrogens with zero attached hydrogens (tertiary/aromatic N) is 7. The monoisotopic (exact) mass is 595 g/mol. The number of hydrogen-bond donors (Lipinski definition) is 3. The Morgan fingerprint density at radius 3 is 2.59 bits per heavy atom. The molecule has 0 radical (unpaired) electrons. The van der Waals surface area contributed by atoms with E-state index in [9.17, 15) is 4.79 Å². The summed E-state index contributed by atoms with van der Waals surface area (Å²) < 4.78 is 0. The molecule has 11 nitrogen and oxygen atoms in total. The predicted molar refractivity (Wildman–Crippen MR) is 175 cm³/mol. The van der Waals surface area contributed by atoms with Gasteiger partial charge in [-0.1, -0.05) is 26.8 Å². The molecule has 0 saturated carbocycles. The number of piperidine rings is 1. The lowest BCUT2D eigenvalue weighted by Crippen LogP contribution is -2.49. The highest BCUT2D eigenvalue weighted by molar-refractivity contribution is 5.98. The van der Waals surface area contributed by atoms with Crippen LogP contribution in [-0.2, 0) is 0 Å². The van der Waals surface area contributed by atoms with E-state index in [1.165, 1.54) is 32.3 Å². The van der Waals surface area contributed by atoms with Crippen molar-refractivity contribution in [2.45, 2.75) is 40.5 Å². The highest BCUT2D eigenvalue weighted by Crippen LogP contribution is 2.33. The maximum Gasteiger partial charge on any atom is 0.258 e. The van der Waals surface area contributed by atoms with Crippen molar-refractivity contribution >= 4 is 40.2 Å². The number of aromatic nitrogens is 4. The molecule has 3 aliphatic rings. The van der Waals surface area contributed by atoms with Crippen LogP contribution in [0.4, 0.5) is 23.3 Å². The summed E-state index contributed by atoms with van der Waals surface area (Å²) >= 11 is 0. The molecule has 4 N–H and O–H groups in total. The highest BCUT2D eigenvalue weighted by atomic mass is 16.1. The number of nitrogen functional groups attached to an aromatic ring is 1. The van der Waals surface area contributed by atoms with Gasteiger partial charge in [0.05, 0.1) is 12.2 Å². The summed E-state index contributed by atoms with van der Waals surface area (Å²) in [6, 6.07) is 5.54. The van der Waals surface area contributed by atoms with E-state index >= 15 is 0 Å². The van der Waals surface area contributed by atoms with Gasteiger partial charge in [-0.05, 0) is 57.0 Å². The lowest BCUT2D eigenvalue weighted by Gasteiger charge is -2.38. The number of allylic oxidation sites excluding steroid dienone is 3. The molecule has 0 spiro atoms.